The van der Waals surface area contributed by atoms with Crippen LogP contribution in [0.25, 0.3) is 22.0 Å². The van der Waals surface area contributed by atoms with Crippen LogP contribution in [-0.4, -0.2) is 26.7 Å². The van der Waals surface area contributed by atoms with Crippen LogP contribution < -0.4 is 5.32 Å². The van der Waals surface area contributed by atoms with E-state index in [9.17, 15) is 13.2 Å². The molecule has 3 heterocycles. The molecule has 1 fully saturated rings. The van der Waals surface area contributed by atoms with Gasteiger partial charge in [0.05, 0.1) is 11.4 Å². The largest absolute Gasteiger partial charge is 0.411 e. The molecule has 0 spiro atoms. The highest BCUT2D eigenvalue weighted by molar-refractivity contribution is 5.99. The highest BCUT2D eigenvalue weighted by Gasteiger charge is 2.63. The van der Waals surface area contributed by atoms with Crippen molar-refractivity contribution in [3.8, 4) is 11.3 Å². The average Bonchev–Trinajstić information content (AvgIpc) is 3.37. The van der Waals surface area contributed by atoms with Crippen LogP contribution in [0, 0.1) is 0 Å². The third-order valence-electron chi connectivity index (χ3n) is 4.30. The molecule has 0 bridgehead atoms. The van der Waals surface area contributed by atoms with Crippen LogP contribution in [-0.2, 0) is 0 Å². The first-order valence-corrected chi connectivity index (χ1v) is 7.48. The molecular formula is C17H13F3N4. The third-order valence-corrected chi connectivity index (χ3v) is 4.30. The van der Waals surface area contributed by atoms with E-state index in [1.54, 1.807) is 49.2 Å². The van der Waals surface area contributed by atoms with Crippen molar-refractivity contribution < 1.29 is 13.2 Å². The number of hydrogen-bond acceptors (Lipinski definition) is 4. The SMILES string of the molecule is FC(F)(F)C1(Nc2c(-c3ccncc3)ncc3ccncc23)CC1. The van der Waals surface area contributed by atoms with Crippen molar-refractivity contribution in [2.75, 3.05) is 5.32 Å². The van der Waals surface area contributed by atoms with Crippen molar-refractivity contribution in [1.29, 1.82) is 0 Å². The van der Waals surface area contributed by atoms with Crippen LogP contribution in [0.4, 0.5) is 18.9 Å². The Labute approximate surface area is 135 Å². The Morgan fingerprint density at radius 2 is 1.67 bits per heavy atom. The summed E-state index contributed by atoms with van der Waals surface area (Å²) in [6, 6.07) is 5.18. The third kappa shape index (κ3) is 2.36. The number of alkyl halides is 3. The Hall–Kier alpha value is -2.70. The molecule has 4 nitrogen and oxygen atoms in total. The van der Waals surface area contributed by atoms with Crippen molar-refractivity contribution in [2.24, 2.45) is 0 Å². The minimum atomic E-state index is -4.31. The number of halogens is 3. The molecule has 7 heteroatoms. The van der Waals surface area contributed by atoms with Crippen molar-refractivity contribution in [1.82, 2.24) is 15.0 Å². The van der Waals surface area contributed by atoms with E-state index in [-0.39, 0.29) is 12.8 Å². The Kier molecular flexibility index (Phi) is 3.19. The zero-order chi connectivity index (χ0) is 16.8. The van der Waals surface area contributed by atoms with Gasteiger partial charge in [-0.2, -0.15) is 13.2 Å². The predicted molar refractivity (Wildman–Crippen MR) is 84.4 cm³/mol. The summed E-state index contributed by atoms with van der Waals surface area (Å²) < 4.78 is 40.2. The molecule has 3 aromatic rings. The van der Waals surface area contributed by atoms with Crippen molar-refractivity contribution >= 4 is 16.5 Å². The number of aromatic nitrogens is 3. The zero-order valence-electron chi connectivity index (χ0n) is 12.5. The molecule has 4 rings (SSSR count). The number of hydrogen-bond donors (Lipinski definition) is 1. The van der Waals surface area contributed by atoms with E-state index in [2.05, 4.69) is 20.3 Å². The van der Waals surface area contributed by atoms with Gasteiger partial charge in [0, 0.05) is 47.3 Å². The van der Waals surface area contributed by atoms with Gasteiger partial charge in [-0.1, -0.05) is 0 Å². The summed E-state index contributed by atoms with van der Waals surface area (Å²) in [5, 5.41) is 4.09. The summed E-state index contributed by atoms with van der Waals surface area (Å²) >= 11 is 0. The van der Waals surface area contributed by atoms with Gasteiger partial charge in [0.2, 0.25) is 0 Å². The van der Waals surface area contributed by atoms with Gasteiger partial charge in [-0.25, -0.2) is 0 Å². The van der Waals surface area contributed by atoms with Gasteiger partial charge < -0.3 is 5.32 Å². The van der Waals surface area contributed by atoms with Crippen LogP contribution in [0.15, 0.2) is 49.2 Å². The van der Waals surface area contributed by atoms with E-state index in [1.807, 2.05) is 0 Å². The molecule has 1 saturated carbocycles. The predicted octanol–water partition coefficient (Wildman–Crippen LogP) is 4.20. The Bertz CT molecular complexity index is 889. The molecule has 0 unspecified atom stereocenters. The van der Waals surface area contributed by atoms with E-state index < -0.39 is 11.7 Å². The number of pyridine rings is 3. The van der Waals surface area contributed by atoms with Crippen LogP contribution >= 0.6 is 0 Å². The minimum absolute atomic E-state index is 0.0585. The molecule has 0 saturated heterocycles. The van der Waals surface area contributed by atoms with Gasteiger partial charge in [-0.05, 0) is 31.0 Å². The first-order chi connectivity index (χ1) is 11.5. The molecule has 3 aromatic heterocycles. The lowest BCUT2D eigenvalue weighted by Crippen LogP contribution is -2.38. The molecule has 0 aliphatic heterocycles. The maximum absolute atomic E-state index is 13.4. The number of fused-ring (bicyclic) bond motifs is 1. The molecule has 0 radical (unpaired) electrons. The fourth-order valence-electron chi connectivity index (χ4n) is 2.75. The quantitative estimate of drug-likeness (QED) is 0.782. The Balaban J connectivity index is 1.91. The first-order valence-electron chi connectivity index (χ1n) is 7.48. The molecule has 0 aromatic carbocycles. The zero-order valence-corrected chi connectivity index (χ0v) is 12.5. The summed E-state index contributed by atoms with van der Waals surface area (Å²) in [6.07, 6.45) is 3.78. The Morgan fingerprint density at radius 1 is 0.958 bits per heavy atom. The monoisotopic (exact) mass is 330 g/mol. The van der Waals surface area contributed by atoms with Crippen molar-refractivity contribution in [3.05, 3.63) is 49.2 Å². The molecule has 1 aliphatic rings. The summed E-state index contributed by atoms with van der Waals surface area (Å²) in [5.74, 6) is 0. The van der Waals surface area contributed by atoms with Gasteiger partial charge in [0.25, 0.3) is 0 Å². The molecule has 1 aliphatic carbocycles. The van der Waals surface area contributed by atoms with Gasteiger partial charge in [0.1, 0.15) is 5.54 Å². The second-order valence-corrected chi connectivity index (χ2v) is 5.89. The lowest BCUT2D eigenvalue weighted by Gasteiger charge is -2.24. The van der Waals surface area contributed by atoms with Crippen LogP contribution in [0.5, 0.6) is 0 Å². The van der Waals surface area contributed by atoms with Gasteiger partial charge in [0.15, 0.2) is 0 Å². The summed E-state index contributed by atoms with van der Waals surface area (Å²) in [4.78, 5) is 12.4. The minimum Gasteiger partial charge on any atom is -0.369 e. The summed E-state index contributed by atoms with van der Waals surface area (Å²) in [7, 11) is 0. The number of rotatable bonds is 3. The molecule has 122 valence electrons. The van der Waals surface area contributed by atoms with E-state index in [1.165, 1.54) is 0 Å². The fraction of sp³-hybridized carbons (Fsp3) is 0.235. The highest BCUT2D eigenvalue weighted by atomic mass is 19.4. The lowest BCUT2D eigenvalue weighted by molar-refractivity contribution is -0.151. The maximum Gasteiger partial charge on any atom is 0.411 e. The molecule has 0 amide bonds. The summed E-state index contributed by atoms with van der Waals surface area (Å²) in [5.41, 5.74) is -0.341. The normalized spacial score (nSPS) is 16.1. The number of nitrogens with zero attached hydrogens (tertiary/aromatic N) is 3. The first kappa shape index (κ1) is 14.9. The number of nitrogens with one attached hydrogen (secondary N) is 1. The van der Waals surface area contributed by atoms with Crippen molar-refractivity contribution in [3.63, 3.8) is 0 Å². The van der Waals surface area contributed by atoms with Crippen LogP contribution in [0.3, 0.4) is 0 Å². The lowest BCUT2D eigenvalue weighted by atomic mass is 10.1. The van der Waals surface area contributed by atoms with Crippen LogP contribution in [0.1, 0.15) is 12.8 Å². The van der Waals surface area contributed by atoms with Gasteiger partial charge in [-0.15, -0.1) is 0 Å². The van der Waals surface area contributed by atoms with Gasteiger partial charge >= 0.3 is 6.18 Å². The molecule has 24 heavy (non-hydrogen) atoms. The van der Waals surface area contributed by atoms with E-state index >= 15 is 0 Å². The summed E-state index contributed by atoms with van der Waals surface area (Å²) in [6.45, 7) is 0. The maximum atomic E-state index is 13.4. The van der Waals surface area contributed by atoms with E-state index in [0.717, 1.165) is 5.39 Å². The van der Waals surface area contributed by atoms with Gasteiger partial charge in [-0.3, -0.25) is 15.0 Å². The molecule has 1 N–H and O–H groups in total. The topological polar surface area (TPSA) is 50.7 Å². The highest BCUT2D eigenvalue weighted by Crippen LogP contribution is 2.52. The van der Waals surface area contributed by atoms with E-state index in [0.29, 0.717) is 22.3 Å². The van der Waals surface area contributed by atoms with Crippen molar-refractivity contribution in [2.45, 2.75) is 24.6 Å². The molecule has 0 atom stereocenters. The van der Waals surface area contributed by atoms with E-state index in [4.69, 9.17) is 0 Å². The second kappa shape index (κ2) is 5.15. The second-order valence-electron chi connectivity index (χ2n) is 5.89. The fourth-order valence-corrected chi connectivity index (χ4v) is 2.75. The molecular weight excluding hydrogens is 317 g/mol. The standard InChI is InChI=1S/C17H13F3N4/c18-17(19,20)16(4-5-16)24-15-13-10-22-8-3-12(13)9-23-14(15)11-1-6-21-7-2-11/h1-3,6-10,24H,4-5H2. The smallest absolute Gasteiger partial charge is 0.369 e. The van der Waals surface area contributed by atoms with Crippen LogP contribution in [0.2, 0.25) is 0 Å². The number of anilines is 1. The Morgan fingerprint density at radius 3 is 2.33 bits per heavy atom. The average molecular weight is 330 g/mol.